The lowest BCUT2D eigenvalue weighted by Gasteiger charge is -2.26. The Morgan fingerprint density at radius 3 is 2.44 bits per heavy atom. The predicted octanol–water partition coefficient (Wildman–Crippen LogP) is 3.96. The first-order chi connectivity index (χ1) is 7.81. The number of aryl methyl sites for hydroxylation is 1. The van der Waals surface area contributed by atoms with Crippen molar-refractivity contribution in [2.45, 2.75) is 31.6 Å². The second-order valence-electron chi connectivity index (χ2n) is 4.45. The fraction of sp³-hybridized carbons (Fsp3) is 0.571. The van der Waals surface area contributed by atoms with E-state index in [0.717, 1.165) is 32.5 Å². The quantitative estimate of drug-likeness (QED) is 0.725. The molecule has 0 spiro atoms. The van der Waals surface area contributed by atoms with Gasteiger partial charge in [0.15, 0.2) is 0 Å². The normalized spacial score (nSPS) is 19.6. The van der Waals surface area contributed by atoms with E-state index in [1.807, 2.05) is 0 Å². The topological polar surface area (TPSA) is 9.23 Å². The molecular weight excluding hydrogens is 220 g/mol. The Morgan fingerprint density at radius 1 is 1.25 bits per heavy atom. The van der Waals surface area contributed by atoms with Gasteiger partial charge in [-0.1, -0.05) is 31.2 Å². The van der Waals surface area contributed by atoms with Crippen molar-refractivity contribution < 1.29 is 4.74 Å². The monoisotopic (exact) mass is 238 g/mol. The van der Waals surface area contributed by atoms with E-state index >= 15 is 0 Å². The van der Waals surface area contributed by atoms with E-state index in [1.165, 1.54) is 11.1 Å². The van der Waals surface area contributed by atoms with E-state index in [-0.39, 0.29) is 5.38 Å². The molecule has 1 atom stereocenters. The van der Waals surface area contributed by atoms with Crippen LogP contribution in [0, 0.1) is 5.92 Å². The first kappa shape index (κ1) is 11.9. The first-order valence-corrected chi connectivity index (χ1v) is 6.55. The van der Waals surface area contributed by atoms with E-state index in [4.69, 9.17) is 16.3 Å². The molecule has 1 nitrogen and oxygen atoms in total. The maximum Gasteiger partial charge on any atom is 0.0615 e. The molecule has 1 unspecified atom stereocenters. The van der Waals surface area contributed by atoms with Crippen LogP contribution in [-0.4, -0.2) is 13.2 Å². The summed E-state index contributed by atoms with van der Waals surface area (Å²) in [7, 11) is 0. The maximum absolute atomic E-state index is 6.53. The molecule has 0 saturated carbocycles. The molecule has 1 aliphatic rings. The Morgan fingerprint density at radius 2 is 1.88 bits per heavy atom. The van der Waals surface area contributed by atoms with Crippen LogP contribution in [-0.2, 0) is 11.2 Å². The predicted molar refractivity (Wildman–Crippen MR) is 68.0 cm³/mol. The van der Waals surface area contributed by atoms with Crippen LogP contribution in [0.3, 0.4) is 0 Å². The summed E-state index contributed by atoms with van der Waals surface area (Å²) in [5.74, 6) is 0.572. The molecule has 0 radical (unpaired) electrons. The molecule has 88 valence electrons. The third kappa shape index (κ3) is 2.78. The number of hydrogen-bond donors (Lipinski definition) is 0. The molecule has 1 fully saturated rings. The summed E-state index contributed by atoms with van der Waals surface area (Å²) in [5.41, 5.74) is 2.63. The molecule has 0 aliphatic carbocycles. The van der Waals surface area contributed by atoms with Crippen LogP contribution in [0.2, 0.25) is 0 Å². The molecule has 1 heterocycles. The van der Waals surface area contributed by atoms with Crippen molar-refractivity contribution in [3.05, 3.63) is 35.4 Å². The van der Waals surface area contributed by atoms with Gasteiger partial charge in [-0.15, -0.1) is 11.6 Å². The Bertz CT molecular complexity index is 314. The van der Waals surface area contributed by atoms with Gasteiger partial charge in [0.2, 0.25) is 0 Å². The second kappa shape index (κ2) is 5.70. The van der Waals surface area contributed by atoms with Crippen molar-refractivity contribution in [3.8, 4) is 0 Å². The zero-order valence-corrected chi connectivity index (χ0v) is 10.5. The Hall–Kier alpha value is -0.530. The van der Waals surface area contributed by atoms with Gasteiger partial charge in [-0.3, -0.25) is 0 Å². The fourth-order valence-corrected chi connectivity index (χ4v) is 2.62. The summed E-state index contributed by atoms with van der Waals surface area (Å²) in [5, 5.41) is 0.148. The van der Waals surface area contributed by atoms with E-state index in [2.05, 4.69) is 31.2 Å². The van der Waals surface area contributed by atoms with Crippen molar-refractivity contribution >= 4 is 11.6 Å². The zero-order chi connectivity index (χ0) is 11.4. The summed E-state index contributed by atoms with van der Waals surface area (Å²) in [6.07, 6.45) is 3.26. The number of ether oxygens (including phenoxy) is 1. The zero-order valence-electron chi connectivity index (χ0n) is 9.79. The van der Waals surface area contributed by atoms with Crippen molar-refractivity contribution in [3.63, 3.8) is 0 Å². The van der Waals surface area contributed by atoms with Gasteiger partial charge in [-0.25, -0.2) is 0 Å². The summed E-state index contributed by atoms with van der Waals surface area (Å²) >= 11 is 6.53. The molecular formula is C14H19ClO. The van der Waals surface area contributed by atoms with Gasteiger partial charge in [0.25, 0.3) is 0 Å². The smallest absolute Gasteiger partial charge is 0.0615 e. The number of alkyl halides is 1. The van der Waals surface area contributed by atoms with E-state index in [0.29, 0.717) is 5.92 Å². The molecule has 2 heteroatoms. The average molecular weight is 239 g/mol. The Kier molecular flexibility index (Phi) is 4.25. The summed E-state index contributed by atoms with van der Waals surface area (Å²) in [6.45, 7) is 3.90. The van der Waals surface area contributed by atoms with Gasteiger partial charge in [0.05, 0.1) is 5.38 Å². The number of benzene rings is 1. The van der Waals surface area contributed by atoms with Gasteiger partial charge in [0.1, 0.15) is 0 Å². The summed E-state index contributed by atoms with van der Waals surface area (Å²) in [4.78, 5) is 0. The number of halogens is 1. The van der Waals surface area contributed by atoms with Crippen LogP contribution < -0.4 is 0 Å². The minimum atomic E-state index is 0.148. The lowest BCUT2D eigenvalue weighted by Crippen LogP contribution is -2.19. The van der Waals surface area contributed by atoms with Gasteiger partial charge in [-0.05, 0) is 36.3 Å². The molecule has 0 amide bonds. The van der Waals surface area contributed by atoms with E-state index in [9.17, 15) is 0 Å². The molecule has 0 aromatic heterocycles. The van der Waals surface area contributed by atoms with Crippen LogP contribution in [0.1, 0.15) is 36.3 Å². The van der Waals surface area contributed by atoms with Gasteiger partial charge >= 0.3 is 0 Å². The van der Waals surface area contributed by atoms with Crippen LogP contribution in [0.25, 0.3) is 0 Å². The van der Waals surface area contributed by atoms with Crippen LogP contribution >= 0.6 is 11.6 Å². The van der Waals surface area contributed by atoms with Crippen LogP contribution in [0.4, 0.5) is 0 Å². The molecule has 0 N–H and O–H groups in total. The molecule has 0 bridgehead atoms. The van der Waals surface area contributed by atoms with Crippen molar-refractivity contribution in [2.24, 2.45) is 5.92 Å². The minimum absolute atomic E-state index is 0.148. The highest BCUT2D eigenvalue weighted by atomic mass is 35.5. The number of rotatable bonds is 3. The summed E-state index contributed by atoms with van der Waals surface area (Å²) < 4.78 is 5.36. The largest absolute Gasteiger partial charge is 0.381 e. The third-order valence-corrected chi connectivity index (χ3v) is 3.99. The van der Waals surface area contributed by atoms with Crippen molar-refractivity contribution in [1.82, 2.24) is 0 Å². The van der Waals surface area contributed by atoms with Crippen molar-refractivity contribution in [2.75, 3.05) is 13.2 Å². The molecule has 1 aromatic carbocycles. The highest BCUT2D eigenvalue weighted by Gasteiger charge is 2.23. The van der Waals surface area contributed by atoms with E-state index < -0.39 is 0 Å². The van der Waals surface area contributed by atoms with Crippen molar-refractivity contribution in [1.29, 1.82) is 0 Å². The van der Waals surface area contributed by atoms with Gasteiger partial charge in [0, 0.05) is 13.2 Å². The highest BCUT2D eigenvalue weighted by molar-refractivity contribution is 6.21. The minimum Gasteiger partial charge on any atom is -0.381 e. The lowest BCUT2D eigenvalue weighted by atomic mass is 9.91. The lowest BCUT2D eigenvalue weighted by molar-refractivity contribution is 0.0651. The third-order valence-electron chi connectivity index (χ3n) is 3.39. The molecule has 16 heavy (non-hydrogen) atoms. The first-order valence-electron chi connectivity index (χ1n) is 6.12. The molecule has 1 aliphatic heterocycles. The standard InChI is InChI=1S/C14H19ClO/c1-2-11-3-5-12(6-4-11)14(15)13-7-9-16-10-8-13/h3-6,13-14H,2,7-10H2,1H3. The SMILES string of the molecule is CCc1ccc(C(Cl)C2CCOCC2)cc1. The highest BCUT2D eigenvalue weighted by Crippen LogP contribution is 2.35. The summed E-state index contributed by atoms with van der Waals surface area (Å²) in [6, 6.07) is 8.71. The van der Waals surface area contributed by atoms with Crippen LogP contribution in [0.5, 0.6) is 0 Å². The van der Waals surface area contributed by atoms with E-state index in [1.54, 1.807) is 0 Å². The van der Waals surface area contributed by atoms with Gasteiger partial charge in [-0.2, -0.15) is 0 Å². The molecule has 2 rings (SSSR count). The second-order valence-corrected chi connectivity index (χ2v) is 4.92. The van der Waals surface area contributed by atoms with Gasteiger partial charge < -0.3 is 4.74 Å². The Labute approximate surface area is 103 Å². The van der Waals surface area contributed by atoms with Crippen LogP contribution in [0.15, 0.2) is 24.3 Å². The maximum atomic E-state index is 6.53. The Balaban J connectivity index is 2.04. The molecule has 1 saturated heterocycles. The fourth-order valence-electron chi connectivity index (χ4n) is 2.22. The average Bonchev–Trinajstić information content (AvgIpc) is 2.39. The molecule has 1 aromatic rings. The number of hydrogen-bond acceptors (Lipinski definition) is 1.